The van der Waals surface area contributed by atoms with Crippen LogP contribution in [0.2, 0.25) is 0 Å². The molecule has 1 aliphatic rings. The number of likely N-dealkylation sites (tertiary alicyclic amines) is 1. The van der Waals surface area contributed by atoms with Crippen molar-refractivity contribution in [2.45, 2.75) is 32.7 Å². The third kappa shape index (κ3) is 3.39. The van der Waals surface area contributed by atoms with Gasteiger partial charge in [-0.2, -0.15) is 0 Å². The highest BCUT2D eigenvalue weighted by molar-refractivity contribution is 5.95. The lowest BCUT2D eigenvalue weighted by Gasteiger charge is -2.33. The van der Waals surface area contributed by atoms with E-state index in [1.54, 1.807) is 24.0 Å². The molecule has 1 aromatic carbocycles. The third-order valence-corrected chi connectivity index (χ3v) is 4.22. The number of nitro groups is 1. The van der Waals surface area contributed by atoms with Crippen LogP contribution in [-0.2, 0) is 0 Å². The van der Waals surface area contributed by atoms with E-state index in [0.717, 1.165) is 12.8 Å². The largest absolute Gasteiger partial charge is 0.339 e. The van der Waals surface area contributed by atoms with Gasteiger partial charge in [0.25, 0.3) is 11.6 Å². The standard InChI is InChI=1S/C15H21N3O3/c1-10-3-4-13(9-14(10)18(20)21)15(19)17-7-5-12(6-8-17)11(2)16/h3-4,9,11-12H,5-8,16H2,1-2H3. The van der Waals surface area contributed by atoms with Gasteiger partial charge in [-0.3, -0.25) is 14.9 Å². The number of amides is 1. The summed E-state index contributed by atoms with van der Waals surface area (Å²) in [7, 11) is 0. The van der Waals surface area contributed by atoms with Crippen LogP contribution in [0.3, 0.4) is 0 Å². The molecule has 1 heterocycles. The van der Waals surface area contributed by atoms with Crippen LogP contribution >= 0.6 is 0 Å². The van der Waals surface area contributed by atoms with Crippen LogP contribution in [0, 0.1) is 23.0 Å². The number of carbonyl (C=O) groups is 1. The Balaban J connectivity index is 2.11. The Bertz CT molecular complexity index is 549. The molecule has 1 unspecified atom stereocenters. The van der Waals surface area contributed by atoms with Gasteiger partial charge in [0.05, 0.1) is 4.92 Å². The van der Waals surface area contributed by atoms with E-state index in [-0.39, 0.29) is 17.6 Å². The third-order valence-electron chi connectivity index (χ3n) is 4.22. The Kier molecular flexibility index (Phi) is 4.57. The number of aryl methyl sites for hydroxylation is 1. The highest BCUT2D eigenvalue weighted by Gasteiger charge is 2.26. The quantitative estimate of drug-likeness (QED) is 0.682. The van der Waals surface area contributed by atoms with Crippen molar-refractivity contribution in [3.8, 4) is 0 Å². The Morgan fingerprint density at radius 1 is 1.43 bits per heavy atom. The molecule has 0 radical (unpaired) electrons. The fourth-order valence-electron chi connectivity index (χ4n) is 2.75. The van der Waals surface area contributed by atoms with E-state index in [1.165, 1.54) is 6.07 Å². The van der Waals surface area contributed by atoms with Gasteiger partial charge < -0.3 is 10.6 Å². The van der Waals surface area contributed by atoms with E-state index in [4.69, 9.17) is 5.73 Å². The Labute approximate surface area is 124 Å². The highest BCUT2D eigenvalue weighted by atomic mass is 16.6. The second-order valence-corrected chi connectivity index (χ2v) is 5.75. The minimum Gasteiger partial charge on any atom is -0.339 e. The van der Waals surface area contributed by atoms with Crippen molar-refractivity contribution < 1.29 is 9.72 Å². The van der Waals surface area contributed by atoms with Gasteiger partial charge in [-0.05, 0) is 38.7 Å². The van der Waals surface area contributed by atoms with Crippen LogP contribution in [0.4, 0.5) is 5.69 Å². The summed E-state index contributed by atoms with van der Waals surface area (Å²) in [5, 5.41) is 11.0. The number of piperidine rings is 1. The molecular weight excluding hydrogens is 270 g/mol. The molecule has 2 N–H and O–H groups in total. The predicted molar refractivity (Wildman–Crippen MR) is 80.1 cm³/mol. The molecule has 0 spiro atoms. The predicted octanol–water partition coefficient (Wildman–Crippen LogP) is 2.10. The van der Waals surface area contributed by atoms with Gasteiger partial charge in [-0.15, -0.1) is 0 Å². The maximum Gasteiger partial charge on any atom is 0.273 e. The first-order valence-corrected chi connectivity index (χ1v) is 7.20. The molecule has 0 bridgehead atoms. The number of nitro benzene ring substituents is 1. The molecule has 21 heavy (non-hydrogen) atoms. The van der Waals surface area contributed by atoms with E-state index in [1.807, 2.05) is 6.92 Å². The van der Waals surface area contributed by atoms with E-state index in [2.05, 4.69) is 0 Å². The fraction of sp³-hybridized carbons (Fsp3) is 0.533. The Hall–Kier alpha value is -1.95. The fourth-order valence-corrected chi connectivity index (χ4v) is 2.75. The molecular formula is C15H21N3O3. The van der Waals surface area contributed by atoms with Crippen molar-refractivity contribution in [1.29, 1.82) is 0 Å². The van der Waals surface area contributed by atoms with Crippen molar-refractivity contribution >= 4 is 11.6 Å². The SMILES string of the molecule is Cc1ccc(C(=O)N2CCC(C(C)N)CC2)cc1[N+](=O)[O-]. The lowest BCUT2D eigenvalue weighted by atomic mass is 9.90. The monoisotopic (exact) mass is 291 g/mol. The van der Waals surface area contributed by atoms with Crippen molar-refractivity contribution in [2.75, 3.05) is 13.1 Å². The Morgan fingerprint density at radius 3 is 2.57 bits per heavy atom. The number of benzene rings is 1. The van der Waals surface area contributed by atoms with Crippen LogP contribution in [0.5, 0.6) is 0 Å². The zero-order chi connectivity index (χ0) is 15.6. The summed E-state index contributed by atoms with van der Waals surface area (Å²) in [6.07, 6.45) is 1.77. The first-order chi connectivity index (χ1) is 9.90. The summed E-state index contributed by atoms with van der Waals surface area (Å²) in [5.41, 5.74) is 6.83. The van der Waals surface area contributed by atoms with Gasteiger partial charge in [-0.25, -0.2) is 0 Å². The van der Waals surface area contributed by atoms with Gasteiger partial charge in [0.2, 0.25) is 0 Å². The molecule has 1 atom stereocenters. The summed E-state index contributed by atoms with van der Waals surface area (Å²) in [6.45, 7) is 4.98. The topological polar surface area (TPSA) is 89.5 Å². The number of nitrogens with zero attached hydrogens (tertiary/aromatic N) is 2. The van der Waals surface area contributed by atoms with Crippen LogP contribution in [0.15, 0.2) is 18.2 Å². The molecule has 0 aromatic heterocycles. The molecule has 1 fully saturated rings. The molecule has 1 saturated heterocycles. The maximum atomic E-state index is 12.4. The van der Waals surface area contributed by atoms with Crippen molar-refractivity contribution in [1.82, 2.24) is 4.90 Å². The second-order valence-electron chi connectivity index (χ2n) is 5.75. The average molecular weight is 291 g/mol. The average Bonchev–Trinajstić information content (AvgIpc) is 2.46. The number of hydrogen-bond acceptors (Lipinski definition) is 4. The van der Waals surface area contributed by atoms with Crippen LogP contribution in [0.1, 0.15) is 35.7 Å². The molecule has 2 rings (SSSR count). The zero-order valence-corrected chi connectivity index (χ0v) is 12.4. The molecule has 6 heteroatoms. The Morgan fingerprint density at radius 2 is 2.05 bits per heavy atom. The van der Waals surface area contributed by atoms with E-state index in [9.17, 15) is 14.9 Å². The molecule has 0 saturated carbocycles. The number of hydrogen-bond donors (Lipinski definition) is 1. The van der Waals surface area contributed by atoms with E-state index >= 15 is 0 Å². The first kappa shape index (κ1) is 15.4. The minimum atomic E-state index is -0.450. The lowest BCUT2D eigenvalue weighted by molar-refractivity contribution is -0.385. The van der Waals surface area contributed by atoms with Crippen LogP contribution in [-0.4, -0.2) is 34.9 Å². The molecule has 1 amide bonds. The van der Waals surface area contributed by atoms with Gasteiger partial charge in [0.15, 0.2) is 0 Å². The van der Waals surface area contributed by atoms with Crippen LogP contribution < -0.4 is 5.73 Å². The van der Waals surface area contributed by atoms with Crippen molar-refractivity contribution in [2.24, 2.45) is 11.7 Å². The highest BCUT2D eigenvalue weighted by Crippen LogP contribution is 2.24. The van der Waals surface area contributed by atoms with Crippen molar-refractivity contribution in [3.63, 3.8) is 0 Å². The number of nitrogens with two attached hydrogens (primary N) is 1. The summed E-state index contributed by atoms with van der Waals surface area (Å²) in [4.78, 5) is 24.7. The van der Waals surface area contributed by atoms with Gasteiger partial charge >= 0.3 is 0 Å². The normalized spacial score (nSPS) is 17.6. The number of rotatable bonds is 3. The summed E-state index contributed by atoms with van der Waals surface area (Å²) >= 11 is 0. The van der Waals surface area contributed by atoms with E-state index < -0.39 is 4.92 Å². The molecule has 114 valence electrons. The van der Waals surface area contributed by atoms with Gasteiger partial charge in [-0.1, -0.05) is 6.07 Å². The molecule has 1 aromatic rings. The van der Waals surface area contributed by atoms with Gasteiger partial charge in [0, 0.05) is 36.3 Å². The first-order valence-electron chi connectivity index (χ1n) is 7.20. The smallest absolute Gasteiger partial charge is 0.273 e. The minimum absolute atomic E-state index is 0.00804. The maximum absolute atomic E-state index is 12.4. The number of carbonyl (C=O) groups excluding carboxylic acids is 1. The lowest BCUT2D eigenvalue weighted by Crippen LogP contribution is -2.42. The van der Waals surface area contributed by atoms with Crippen LogP contribution in [0.25, 0.3) is 0 Å². The molecule has 6 nitrogen and oxygen atoms in total. The van der Waals surface area contributed by atoms with E-state index in [0.29, 0.717) is 30.1 Å². The van der Waals surface area contributed by atoms with Gasteiger partial charge in [0.1, 0.15) is 0 Å². The summed E-state index contributed by atoms with van der Waals surface area (Å²) in [5.74, 6) is 0.308. The summed E-state index contributed by atoms with van der Waals surface area (Å²) in [6, 6.07) is 4.79. The zero-order valence-electron chi connectivity index (χ0n) is 12.4. The second kappa shape index (κ2) is 6.22. The molecule has 0 aliphatic carbocycles. The van der Waals surface area contributed by atoms with Crippen molar-refractivity contribution in [3.05, 3.63) is 39.4 Å². The summed E-state index contributed by atoms with van der Waals surface area (Å²) < 4.78 is 0. The molecule has 1 aliphatic heterocycles.